The van der Waals surface area contributed by atoms with Gasteiger partial charge in [-0.25, -0.2) is 0 Å². The minimum Gasteiger partial charge on any atom is -0.469 e. The maximum atomic E-state index is 11.3. The van der Waals surface area contributed by atoms with Crippen molar-refractivity contribution in [3.63, 3.8) is 0 Å². The molecule has 0 radical (unpaired) electrons. The van der Waals surface area contributed by atoms with E-state index in [1.807, 2.05) is 0 Å². The molecule has 0 spiro atoms. The third kappa shape index (κ3) is 11.1. The van der Waals surface area contributed by atoms with Crippen LogP contribution in [0.25, 0.3) is 0 Å². The first-order valence-corrected chi connectivity index (χ1v) is 10.5. The van der Waals surface area contributed by atoms with E-state index in [-0.39, 0.29) is 12.1 Å². The van der Waals surface area contributed by atoms with E-state index in [0.29, 0.717) is 12.5 Å². The molecule has 0 amide bonds. The van der Waals surface area contributed by atoms with Crippen molar-refractivity contribution in [2.75, 3.05) is 7.11 Å². The van der Waals surface area contributed by atoms with Crippen molar-refractivity contribution >= 4 is 5.97 Å². The standard InChI is InChI=1S/C21H40O3/c1-3-4-5-6-7-8-9-10-11-12-13-15-19-16-14-17-20(24-19)18-21(22)23-2/h19-20H,3-18H2,1-2H3/t19-,20-/m1/s1. The van der Waals surface area contributed by atoms with Crippen molar-refractivity contribution in [2.45, 2.75) is 122 Å². The van der Waals surface area contributed by atoms with Crippen molar-refractivity contribution in [2.24, 2.45) is 0 Å². The van der Waals surface area contributed by atoms with Gasteiger partial charge in [-0.3, -0.25) is 4.79 Å². The van der Waals surface area contributed by atoms with Crippen LogP contribution in [0.2, 0.25) is 0 Å². The van der Waals surface area contributed by atoms with Gasteiger partial charge in [-0.15, -0.1) is 0 Å². The zero-order chi connectivity index (χ0) is 17.5. The minimum absolute atomic E-state index is 0.0870. The Balaban J connectivity index is 1.91. The molecule has 0 aromatic rings. The average molecular weight is 341 g/mol. The second-order valence-corrected chi connectivity index (χ2v) is 7.42. The second kappa shape index (κ2) is 14.7. The maximum Gasteiger partial charge on any atom is 0.308 e. The lowest BCUT2D eigenvalue weighted by Crippen LogP contribution is -2.29. The number of rotatable bonds is 14. The van der Waals surface area contributed by atoms with Crippen molar-refractivity contribution in [1.82, 2.24) is 0 Å². The van der Waals surface area contributed by atoms with Gasteiger partial charge in [0.15, 0.2) is 0 Å². The van der Waals surface area contributed by atoms with E-state index in [1.54, 1.807) is 0 Å². The number of hydrogen-bond donors (Lipinski definition) is 0. The Kier molecular flexibility index (Phi) is 13.2. The Morgan fingerprint density at radius 2 is 1.42 bits per heavy atom. The predicted octanol–water partition coefficient (Wildman–Crippen LogP) is 6.19. The summed E-state index contributed by atoms with van der Waals surface area (Å²) in [4.78, 5) is 11.3. The molecule has 1 aliphatic rings. The lowest BCUT2D eigenvalue weighted by atomic mass is 9.97. The third-order valence-corrected chi connectivity index (χ3v) is 5.19. The summed E-state index contributed by atoms with van der Waals surface area (Å²) in [6, 6.07) is 0. The largest absolute Gasteiger partial charge is 0.469 e. The van der Waals surface area contributed by atoms with Crippen LogP contribution in [0.1, 0.15) is 110 Å². The Labute approximate surface area is 149 Å². The van der Waals surface area contributed by atoms with E-state index in [0.717, 1.165) is 19.3 Å². The summed E-state index contributed by atoms with van der Waals surface area (Å²) in [6.45, 7) is 2.28. The van der Waals surface area contributed by atoms with E-state index in [2.05, 4.69) is 6.92 Å². The minimum atomic E-state index is -0.143. The van der Waals surface area contributed by atoms with Crippen LogP contribution in [0.5, 0.6) is 0 Å². The van der Waals surface area contributed by atoms with Crippen LogP contribution in [0, 0.1) is 0 Å². The van der Waals surface area contributed by atoms with Gasteiger partial charge in [0.2, 0.25) is 0 Å². The van der Waals surface area contributed by atoms with Crippen molar-refractivity contribution < 1.29 is 14.3 Å². The molecule has 1 saturated heterocycles. The summed E-state index contributed by atoms with van der Waals surface area (Å²) in [5, 5.41) is 0. The van der Waals surface area contributed by atoms with Crippen molar-refractivity contribution in [3.05, 3.63) is 0 Å². The Morgan fingerprint density at radius 3 is 2.00 bits per heavy atom. The molecule has 24 heavy (non-hydrogen) atoms. The first-order chi connectivity index (χ1) is 11.8. The zero-order valence-corrected chi connectivity index (χ0v) is 16.2. The van der Waals surface area contributed by atoms with E-state index in [1.165, 1.54) is 84.2 Å². The van der Waals surface area contributed by atoms with Crippen molar-refractivity contribution in [3.8, 4) is 0 Å². The van der Waals surface area contributed by atoms with Crippen molar-refractivity contribution in [1.29, 1.82) is 0 Å². The van der Waals surface area contributed by atoms with Crippen LogP contribution in [0.15, 0.2) is 0 Å². The van der Waals surface area contributed by atoms with Gasteiger partial charge >= 0.3 is 5.97 Å². The van der Waals surface area contributed by atoms with E-state index < -0.39 is 0 Å². The summed E-state index contributed by atoms with van der Waals surface area (Å²) >= 11 is 0. The van der Waals surface area contributed by atoms with Crippen LogP contribution in [-0.2, 0) is 14.3 Å². The number of unbranched alkanes of at least 4 members (excludes halogenated alkanes) is 10. The maximum absolute atomic E-state index is 11.3. The first kappa shape index (κ1) is 21.5. The number of carbonyl (C=O) groups excluding carboxylic acids is 1. The van der Waals surface area contributed by atoms with Gasteiger partial charge in [0.05, 0.1) is 25.7 Å². The van der Waals surface area contributed by atoms with E-state index >= 15 is 0 Å². The van der Waals surface area contributed by atoms with Gasteiger partial charge in [0.25, 0.3) is 0 Å². The fraction of sp³-hybridized carbons (Fsp3) is 0.952. The van der Waals surface area contributed by atoms with Gasteiger partial charge in [-0.1, -0.05) is 77.6 Å². The highest BCUT2D eigenvalue weighted by Gasteiger charge is 2.24. The van der Waals surface area contributed by atoms with E-state index in [9.17, 15) is 4.79 Å². The fourth-order valence-corrected chi connectivity index (χ4v) is 3.65. The molecule has 0 saturated carbocycles. The monoisotopic (exact) mass is 340 g/mol. The van der Waals surface area contributed by atoms with E-state index in [4.69, 9.17) is 9.47 Å². The van der Waals surface area contributed by atoms with Crippen LogP contribution in [0.4, 0.5) is 0 Å². The quantitative estimate of drug-likeness (QED) is 0.279. The van der Waals surface area contributed by atoms with Gasteiger partial charge in [0.1, 0.15) is 0 Å². The third-order valence-electron chi connectivity index (χ3n) is 5.19. The molecular weight excluding hydrogens is 300 g/mol. The molecular formula is C21H40O3. The molecule has 0 aliphatic carbocycles. The molecule has 1 rings (SSSR count). The lowest BCUT2D eigenvalue weighted by molar-refractivity contribution is -0.147. The topological polar surface area (TPSA) is 35.5 Å². The second-order valence-electron chi connectivity index (χ2n) is 7.42. The first-order valence-electron chi connectivity index (χ1n) is 10.5. The van der Waals surface area contributed by atoms with Crippen LogP contribution >= 0.6 is 0 Å². The molecule has 0 aromatic carbocycles. The summed E-state index contributed by atoms with van der Waals surface area (Å²) in [5.41, 5.74) is 0. The van der Waals surface area contributed by atoms with Crippen LogP contribution in [-0.4, -0.2) is 25.3 Å². The molecule has 0 aromatic heterocycles. The Morgan fingerprint density at radius 1 is 0.875 bits per heavy atom. The highest BCUT2D eigenvalue weighted by Crippen LogP contribution is 2.25. The number of esters is 1. The molecule has 2 atom stereocenters. The molecule has 0 unspecified atom stereocenters. The predicted molar refractivity (Wildman–Crippen MR) is 100 cm³/mol. The molecule has 142 valence electrons. The molecule has 1 fully saturated rings. The zero-order valence-electron chi connectivity index (χ0n) is 16.2. The van der Waals surface area contributed by atoms with Gasteiger partial charge in [0, 0.05) is 0 Å². The molecule has 0 bridgehead atoms. The van der Waals surface area contributed by atoms with Gasteiger partial charge in [-0.2, -0.15) is 0 Å². The molecule has 1 heterocycles. The molecule has 3 nitrogen and oxygen atoms in total. The number of methoxy groups -OCH3 is 1. The fourth-order valence-electron chi connectivity index (χ4n) is 3.65. The molecule has 0 N–H and O–H groups in total. The van der Waals surface area contributed by atoms with Crippen LogP contribution < -0.4 is 0 Å². The van der Waals surface area contributed by atoms with Gasteiger partial charge < -0.3 is 9.47 Å². The normalized spacial score (nSPS) is 20.9. The smallest absolute Gasteiger partial charge is 0.308 e. The highest BCUT2D eigenvalue weighted by molar-refractivity contribution is 5.69. The Hall–Kier alpha value is -0.570. The summed E-state index contributed by atoms with van der Waals surface area (Å²) < 4.78 is 10.8. The number of carbonyl (C=O) groups is 1. The summed E-state index contributed by atoms with van der Waals surface area (Å²) in [6.07, 6.45) is 20.6. The molecule has 3 heteroatoms. The number of hydrogen-bond acceptors (Lipinski definition) is 3. The average Bonchev–Trinajstić information content (AvgIpc) is 2.60. The summed E-state index contributed by atoms with van der Waals surface area (Å²) in [5.74, 6) is -0.143. The molecule has 1 aliphatic heterocycles. The Bertz CT molecular complexity index is 303. The summed E-state index contributed by atoms with van der Waals surface area (Å²) in [7, 11) is 1.45. The van der Waals surface area contributed by atoms with Crippen LogP contribution in [0.3, 0.4) is 0 Å². The lowest BCUT2D eigenvalue weighted by Gasteiger charge is -2.29. The highest BCUT2D eigenvalue weighted by atomic mass is 16.5. The van der Waals surface area contributed by atoms with Gasteiger partial charge in [-0.05, 0) is 25.7 Å². The number of ether oxygens (including phenoxy) is 2. The SMILES string of the molecule is CCCCCCCCCCCCC[C@@H]1CCC[C@H](CC(=O)OC)O1.